The van der Waals surface area contributed by atoms with E-state index in [0.29, 0.717) is 81.2 Å². The van der Waals surface area contributed by atoms with Crippen molar-refractivity contribution in [3.05, 3.63) is 52.0 Å². The molecule has 0 aromatic heterocycles. The van der Waals surface area contributed by atoms with Gasteiger partial charge in [0.2, 0.25) is 0 Å². The molecule has 4 heterocycles. The topological polar surface area (TPSA) is 135 Å². The van der Waals surface area contributed by atoms with Crippen molar-refractivity contribution in [2.75, 3.05) is 77.4 Å². The average molecular weight is 794 g/mol. The molecular formula is C38H50BBrN6O7. The lowest BCUT2D eigenvalue weighted by Crippen LogP contribution is -2.56. The number of piperazine rings is 1. The number of aromatic hydroxyl groups is 1. The van der Waals surface area contributed by atoms with E-state index in [0.717, 1.165) is 56.7 Å². The molecule has 13 nitrogen and oxygen atoms in total. The normalized spacial score (nSPS) is 20.0. The molecule has 0 unspecified atom stereocenters. The number of hydrogen-bond donors (Lipinski definition) is 2. The van der Waals surface area contributed by atoms with Crippen LogP contribution >= 0.6 is 15.9 Å². The number of anilines is 1. The number of piperidine rings is 2. The van der Waals surface area contributed by atoms with Crippen molar-refractivity contribution in [3.8, 4) is 5.75 Å². The minimum Gasteiger partial charge on any atom is -0.507 e. The minimum absolute atomic E-state index is 0.0174. The maximum atomic E-state index is 14.1. The lowest BCUT2D eigenvalue weighted by molar-refractivity contribution is -0.144. The molecule has 6 rings (SSSR count). The Morgan fingerprint density at radius 1 is 0.943 bits per heavy atom. The third-order valence-corrected chi connectivity index (χ3v) is 11.6. The second-order valence-electron chi connectivity index (χ2n) is 14.3. The summed E-state index contributed by atoms with van der Waals surface area (Å²) >= 11 is 3.34. The Balaban J connectivity index is 1.03. The fourth-order valence-corrected chi connectivity index (χ4v) is 8.51. The number of ether oxygens (including phenoxy) is 2. The van der Waals surface area contributed by atoms with E-state index in [4.69, 9.17) is 17.3 Å². The van der Waals surface area contributed by atoms with E-state index in [1.165, 1.54) is 0 Å². The van der Waals surface area contributed by atoms with E-state index in [1.54, 1.807) is 21.9 Å². The molecule has 0 aliphatic carbocycles. The zero-order valence-electron chi connectivity index (χ0n) is 30.5. The van der Waals surface area contributed by atoms with Crippen LogP contribution in [0.4, 0.5) is 15.3 Å². The van der Waals surface area contributed by atoms with Gasteiger partial charge in [-0.3, -0.25) is 14.5 Å². The number of nitrogens with zero attached hydrogens (tertiary/aromatic N) is 5. The summed E-state index contributed by atoms with van der Waals surface area (Å²) in [5.74, 6) is -0.499. The first-order chi connectivity index (χ1) is 25.6. The first-order valence-electron chi connectivity index (χ1n) is 18.9. The van der Waals surface area contributed by atoms with Gasteiger partial charge in [-0.05, 0) is 91.3 Å². The number of carbonyl (C=O) groups is 4. The highest BCUT2D eigenvalue weighted by Crippen LogP contribution is 2.27. The first-order valence-corrected chi connectivity index (χ1v) is 19.7. The molecule has 2 aromatic rings. The molecule has 3 fully saturated rings. The molecule has 53 heavy (non-hydrogen) atoms. The van der Waals surface area contributed by atoms with Crippen LogP contribution in [0.1, 0.15) is 50.2 Å². The van der Waals surface area contributed by atoms with Crippen molar-refractivity contribution in [1.82, 2.24) is 24.5 Å². The number of phenols is 1. The molecule has 0 spiro atoms. The number of amides is 4. The quantitative estimate of drug-likeness (QED) is 0.275. The second kappa shape index (κ2) is 18.0. The van der Waals surface area contributed by atoms with Gasteiger partial charge in [0.25, 0.3) is 5.91 Å². The van der Waals surface area contributed by atoms with E-state index in [2.05, 4.69) is 31.0 Å². The van der Waals surface area contributed by atoms with Crippen LogP contribution in [0.5, 0.6) is 5.75 Å². The van der Waals surface area contributed by atoms with Crippen molar-refractivity contribution in [1.29, 1.82) is 0 Å². The van der Waals surface area contributed by atoms with Crippen LogP contribution in [-0.2, 0) is 31.9 Å². The monoisotopic (exact) mass is 792 g/mol. The average Bonchev–Trinajstić information content (AvgIpc) is 3.34. The number of hydrogen-bond acceptors (Lipinski definition) is 9. The Labute approximate surface area is 321 Å². The number of likely N-dealkylation sites (tertiary alicyclic amines) is 2. The van der Waals surface area contributed by atoms with Crippen molar-refractivity contribution >= 4 is 58.9 Å². The van der Waals surface area contributed by atoms with Gasteiger partial charge in [-0.1, -0.05) is 29.7 Å². The van der Waals surface area contributed by atoms with Crippen molar-refractivity contribution in [2.24, 2.45) is 0 Å². The summed E-state index contributed by atoms with van der Waals surface area (Å²) in [6.45, 7) is 8.65. The van der Waals surface area contributed by atoms with Crippen LogP contribution in [0, 0.1) is 0 Å². The van der Waals surface area contributed by atoms with Gasteiger partial charge in [0.1, 0.15) is 13.6 Å². The molecule has 1 atom stereocenters. The molecule has 4 amide bonds. The Morgan fingerprint density at radius 2 is 1.64 bits per heavy atom. The third kappa shape index (κ3) is 9.84. The molecule has 4 aliphatic heterocycles. The molecule has 15 heteroatoms. The van der Waals surface area contributed by atoms with Crippen LogP contribution < -0.4 is 10.8 Å². The Bertz CT molecular complexity index is 1600. The number of halogens is 1. The van der Waals surface area contributed by atoms with Crippen LogP contribution in [-0.4, -0.2) is 152 Å². The van der Waals surface area contributed by atoms with Crippen LogP contribution in [0.25, 0.3) is 0 Å². The fraction of sp³-hybridized carbons (Fsp3) is 0.579. The number of fused-ring (bicyclic) bond motifs is 1. The molecular weight excluding hydrogens is 743 g/mol. The maximum absolute atomic E-state index is 14.1. The molecule has 2 aromatic carbocycles. The predicted octanol–water partition coefficient (Wildman–Crippen LogP) is 3.11. The number of nitrogens with one attached hydrogen (secondary N) is 1. The molecule has 4 aliphatic rings. The van der Waals surface area contributed by atoms with Crippen LogP contribution in [0.15, 0.2) is 40.9 Å². The second-order valence-corrected chi connectivity index (χ2v) is 15.2. The number of urea groups is 1. The van der Waals surface area contributed by atoms with Gasteiger partial charge < -0.3 is 39.5 Å². The summed E-state index contributed by atoms with van der Waals surface area (Å²) in [5, 5.41) is 13.2. The van der Waals surface area contributed by atoms with Gasteiger partial charge in [0.05, 0.1) is 17.5 Å². The number of esters is 1. The first kappa shape index (κ1) is 38.9. The van der Waals surface area contributed by atoms with Crippen molar-refractivity contribution in [2.45, 2.75) is 70.1 Å². The van der Waals surface area contributed by atoms with Gasteiger partial charge >= 0.3 is 18.1 Å². The summed E-state index contributed by atoms with van der Waals surface area (Å²) in [4.78, 5) is 62.7. The molecule has 2 N–H and O–H groups in total. The van der Waals surface area contributed by atoms with E-state index < -0.39 is 12.2 Å². The standard InChI is InChI=1S/C38H50BBrN6O7/c1-2-52-34(47)12-15-42-13-8-28(9-14-42)43-19-21-44(22-20-43)36(49)33(25-26-23-30(39)35(48)31(40)24-26)53-38(51)45-16-10-29(11-17-45)46-18-7-27-5-3-4-6-32(27)41-37(46)50/h3-6,23-24,28-29,33,48H,2,7-22,25H2,1H3,(H,41,50)/t33-/m1/s1. The Morgan fingerprint density at radius 3 is 2.34 bits per heavy atom. The molecule has 0 bridgehead atoms. The maximum Gasteiger partial charge on any atom is 0.410 e. The summed E-state index contributed by atoms with van der Waals surface area (Å²) in [5.41, 5.74) is 2.76. The van der Waals surface area contributed by atoms with Crippen molar-refractivity contribution in [3.63, 3.8) is 0 Å². The summed E-state index contributed by atoms with van der Waals surface area (Å²) < 4.78 is 11.5. The van der Waals surface area contributed by atoms with E-state index in [-0.39, 0.29) is 41.6 Å². The van der Waals surface area contributed by atoms with Gasteiger partial charge in [-0.2, -0.15) is 0 Å². The zero-order chi connectivity index (χ0) is 37.5. The largest absolute Gasteiger partial charge is 0.507 e. The Hall–Kier alpha value is -3.82. The van der Waals surface area contributed by atoms with E-state index in [9.17, 15) is 24.3 Å². The Kier molecular flexibility index (Phi) is 13.2. The van der Waals surface area contributed by atoms with Gasteiger partial charge in [-0.15, -0.1) is 0 Å². The van der Waals surface area contributed by atoms with Crippen molar-refractivity contribution < 1.29 is 33.8 Å². The number of carbonyl (C=O) groups excluding carboxylic acids is 4. The minimum atomic E-state index is -1.08. The molecule has 3 saturated heterocycles. The number of rotatable bonds is 10. The van der Waals surface area contributed by atoms with Gasteiger partial charge in [0, 0.05) is 76.5 Å². The smallest absolute Gasteiger partial charge is 0.410 e. The number of phenolic OH excluding ortho intramolecular Hbond substituents is 1. The van der Waals surface area contributed by atoms with Gasteiger partial charge in [-0.25, -0.2) is 9.59 Å². The lowest BCUT2D eigenvalue weighted by Gasteiger charge is -2.43. The molecule has 0 saturated carbocycles. The molecule has 2 radical (unpaired) electrons. The van der Waals surface area contributed by atoms with Gasteiger partial charge in [0.15, 0.2) is 6.10 Å². The zero-order valence-corrected chi connectivity index (χ0v) is 32.1. The summed E-state index contributed by atoms with van der Waals surface area (Å²) in [6, 6.07) is 11.4. The predicted molar refractivity (Wildman–Crippen MR) is 204 cm³/mol. The summed E-state index contributed by atoms with van der Waals surface area (Å²) in [7, 11) is 6.04. The lowest BCUT2D eigenvalue weighted by atomic mass is 9.91. The summed E-state index contributed by atoms with van der Waals surface area (Å²) in [6.07, 6.45) is 2.82. The number of benzene rings is 2. The van der Waals surface area contributed by atoms with E-state index >= 15 is 0 Å². The highest BCUT2D eigenvalue weighted by molar-refractivity contribution is 9.10. The van der Waals surface area contributed by atoms with E-state index in [1.807, 2.05) is 36.1 Å². The van der Waals surface area contributed by atoms with Crippen LogP contribution in [0.3, 0.4) is 0 Å². The fourth-order valence-electron chi connectivity index (χ4n) is 7.99. The highest BCUT2D eigenvalue weighted by atomic mass is 79.9. The highest BCUT2D eigenvalue weighted by Gasteiger charge is 2.36. The SMILES string of the molecule is [B]c1cc(C[C@@H](OC(=O)N2CCC(N3CCc4ccccc4NC3=O)CC2)C(=O)N2CCN(C3CCN(CCC(=O)OCC)CC3)CC2)cc(Br)c1O. The third-order valence-electron chi connectivity index (χ3n) is 11.0. The molecule has 284 valence electrons. The number of para-hydroxylation sites is 1. The van der Waals surface area contributed by atoms with Crippen LogP contribution in [0.2, 0.25) is 0 Å².